The van der Waals surface area contributed by atoms with Gasteiger partial charge >= 0.3 is 0 Å². The summed E-state index contributed by atoms with van der Waals surface area (Å²) in [4.78, 5) is 0. The highest BCUT2D eigenvalue weighted by atomic mass is 16.3. The lowest BCUT2D eigenvalue weighted by atomic mass is 9.88. The maximum Gasteiger partial charge on any atom is 0.0868 e. The smallest absolute Gasteiger partial charge is 0.0868 e. The first-order valence-corrected chi connectivity index (χ1v) is 7.27. The monoisotopic (exact) mass is 248 g/mol. The molecule has 0 saturated carbocycles. The third-order valence-electron chi connectivity index (χ3n) is 3.46. The van der Waals surface area contributed by atoms with Gasteiger partial charge in [-0.25, -0.2) is 0 Å². The molecular weight excluding hydrogens is 220 g/mol. The molecule has 1 aromatic carbocycles. The van der Waals surface area contributed by atoms with Gasteiger partial charge in [0, 0.05) is 0 Å². The molecule has 0 aliphatic rings. The van der Waals surface area contributed by atoms with Gasteiger partial charge in [-0.2, -0.15) is 0 Å². The van der Waals surface area contributed by atoms with Crippen molar-refractivity contribution in [3.8, 4) is 0 Å². The minimum absolute atomic E-state index is 0.658. The quantitative estimate of drug-likeness (QED) is 0.695. The van der Waals surface area contributed by atoms with Crippen LogP contribution in [0.2, 0.25) is 0 Å². The van der Waals surface area contributed by atoms with Gasteiger partial charge in [0.25, 0.3) is 0 Å². The van der Waals surface area contributed by atoms with E-state index in [-0.39, 0.29) is 0 Å². The zero-order valence-electron chi connectivity index (χ0n) is 12.4. The minimum atomic E-state index is -0.678. The fourth-order valence-corrected chi connectivity index (χ4v) is 2.37. The Hall–Kier alpha value is -0.820. The molecule has 1 unspecified atom stereocenters. The van der Waals surface area contributed by atoms with Crippen molar-refractivity contribution in [2.75, 3.05) is 0 Å². The maximum atomic E-state index is 10.6. The first kappa shape index (κ1) is 15.2. The van der Waals surface area contributed by atoms with Crippen LogP contribution in [0.4, 0.5) is 0 Å². The molecule has 1 rings (SSSR count). The Labute approximate surface area is 112 Å². The summed E-state index contributed by atoms with van der Waals surface area (Å²) >= 11 is 0. The largest absolute Gasteiger partial charge is 0.385 e. The minimum Gasteiger partial charge on any atom is -0.385 e. The van der Waals surface area contributed by atoms with E-state index < -0.39 is 5.60 Å². The van der Waals surface area contributed by atoms with Crippen molar-refractivity contribution in [3.63, 3.8) is 0 Å². The third-order valence-corrected chi connectivity index (χ3v) is 3.46. The predicted molar refractivity (Wildman–Crippen MR) is 78.7 cm³/mol. The molecule has 1 N–H and O–H groups in total. The van der Waals surface area contributed by atoms with Crippen LogP contribution in [0.3, 0.4) is 0 Å². The molecule has 102 valence electrons. The summed E-state index contributed by atoms with van der Waals surface area (Å²) in [5.41, 5.74) is 1.72. The number of hydrogen-bond acceptors (Lipinski definition) is 1. The average Bonchev–Trinajstić information content (AvgIpc) is 2.28. The van der Waals surface area contributed by atoms with Crippen LogP contribution in [0.5, 0.6) is 0 Å². The molecule has 18 heavy (non-hydrogen) atoms. The summed E-state index contributed by atoms with van der Waals surface area (Å²) < 4.78 is 0. The van der Waals surface area contributed by atoms with Crippen molar-refractivity contribution < 1.29 is 5.11 Å². The van der Waals surface area contributed by atoms with Crippen LogP contribution in [0.1, 0.15) is 64.5 Å². The summed E-state index contributed by atoms with van der Waals surface area (Å²) in [5, 5.41) is 10.6. The number of benzene rings is 1. The van der Waals surface area contributed by atoms with Crippen molar-refractivity contribution in [1.29, 1.82) is 0 Å². The van der Waals surface area contributed by atoms with E-state index in [4.69, 9.17) is 0 Å². The Kier molecular flexibility index (Phi) is 5.87. The van der Waals surface area contributed by atoms with E-state index in [1.807, 2.05) is 6.92 Å². The molecule has 0 aliphatic heterocycles. The van der Waals surface area contributed by atoms with Gasteiger partial charge in [0.2, 0.25) is 0 Å². The van der Waals surface area contributed by atoms with Gasteiger partial charge in [0.1, 0.15) is 0 Å². The lowest BCUT2D eigenvalue weighted by Crippen LogP contribution is -2.21. The van der Waals surface area contributed by atoms with Crippen LogP contribution < -0.4 is 0 Å². The fraction of sp³-hybridized carbons (Fsp3) is 0.647. The van der Waals surface area contributed by atoms with Gasteiger partial charge in [0.15, 0.2) is 0 Å². The van der Waals surface area contributed by atoms with Crippen molar-refractivity contribution >= 4 is 0 Å². The molecule has 0 heterocycles. The fourth-order valence-electron chi connectivity index (χ4n) is 2.37. The van der Waals surface area contributed by atoms with E-state index in [1.165, 1.54) is 18.4 Å². The molecule has 0 radical (unpaired) electrons. The number of aliphatic hydroxyl groups is 1. The molecule has 0 amide bonds. The summed E-state index contributed by atoms with van der Waals surface area (Å²) in [5.74, 6) is 0.658. The van der Waals surface area contributed by atoms with E-state index in [0.717, 1.165) is 24.8 Å². The molecule has 0 aromatic heterocycles. The number of rotatable bonds is 7. The Morgan fingerprint density at radius 1 is 1.22 bits per heavy atom. The van der Waals surface area contributed by atoms with Crippen LogP contribution >= 0.6 is 0 Å². The summed E-state index contributed by atoms with van der Waals surface area (Å²) in [6, 6.07) is 8.45. The SMILES string of the molecule is CCCCCC(C)(O)c1cccc(CC(C)C)c1. The van der Waals surface area contributed by atoms with Gasteiger partial charge in [-0.1, -0.05) is 64.3 Å². The van der Waals surface area contributed by atoms with E-state index in [9.17, 15) is 5.11 Å². The van der Waals surface area contributed by atoms with Crippen LogP contribution in [0.25, 0.3) is 0 Å². The summed E-state index contributed by atoms with van der Waals surface area (Å²) in [6.07, 6.45) is 5.42. The molecule has 0 aliphatic carbocycles. The number of hydrogen-bond donors (Lipinski definition) is 1. The van der Waals surface area contributed by atoms with Gasteiger partial charge < -0.3 is 5.11 Å². The normalized spacial score (nSPS) is 14.8. The summed E-state index contributed by atoms with van der Waals surface area (Å²) in [7, 11) is 0. The van der Waals surface area contributed by atoms with E-state index in [1.54, 1.807) is 0 Å². The van der Waals surface area contributed by atoms with Crippen LogP contribution in [-0.4, -0.2) is 5.11 Å². The van der Waals surface area contributed by atoms with E-state index >= 15 is 0 Å². The van der Waals surface area contributed by atoms with Gasteiger partial charge in [0.05, 0.1) is 5.60 Å². The highest BCUT2D eigenvalue weighted by Gasteiger charge is 2.22. The lowest BCUT2D eigenvalue weighted by molar-refractivity contribution is 0.0449. The first-order chi connectivity index (χ1) is 8.45. The third kappa shape index (κ3) is 4.81. The van der Waals surface area contributed by atoms with Crippen LogP contribution in [0.15, 0.2) is 24.3 Å². The Bertz CT molecular complexity index is 352. The Morgan fingerprint density at radius 3 is 2.56 bits per heavy atom. The standard InChI is InChI=1S/C17H28O/c1-5-6-7-11-17(4,18)16-10-8-9-15(13-16)12-14(2)3/h8-10,13-14,18H,5-7,11-12H2,1-4H3. The summed E-state index contributed by atoms with van der Waals surface area (Å²) in [6.45, 7) is 8.59. The second kappa shape index (κ2) is 6.94. The Morgan fingerprint density at radius 2 is 1.94 bits per heavy atom. The van der Waals surface area contributed by atoms with Gasteiger partial charge in [-0.15, -0.1) is 0 Å². The van der Waals surface area contributed by atoms with Gasteiger partial charge in [-0.3, -0.25) is 0 Å². The van der Waals surface area contributed by atoms with Crippen LogP contribution in [-0.2, 0) is 12.0 Å². The van der Waals surface area contributed by atoms with Crippen LogP contribution in [0, 0.1) is 5.92 Å². The lowest BCUT2D eigenvalue weighted by Gasteiger charge is -2.24. The van der Waals surface area contributed by atoms with E-state index in [2.05, 4.69) is 45.0 Å². The predicted octanol–water partition coefficient (Wildman–Crippen LogP) is 4.67. The highest BCUT2D eigenvalue weighted by Crippen LogP contribution is 2.28. The molecule has 1 nitrogen and oxygen atoms in total. The zero-order chi connectivity index (χ0) is 13.6. The highest BCUT2D eigenvalue weighted by molar-refractivity contribution is 5.28. The average molecular weight is 248 g/mol. The molecular formula is C17H28O. The maximum absolute atomic E-state index is 10.6. The van der Waals surface area contributed by atoms with Crippen molar-refractivity contribution in [2.24, 2.45) is 5.92 Å². The molecule has 1 heteroatoms. The van der Waals surface area contributed by atoms with Crippen molar-refractivity contribution in [2.45, 2.75) is 65.4 Å². The van der Waals surface area contributed by atoms with Crippen molar-refractivity contribution in [3.05, 3.63) is 35.4 Å². The van der Waals surface area contributed by atoms with Gasteiger partial charge in [-0.05, 0) is 36.8 Å². The first-order valence-electron chi connectivity index (χ1n) is 7.27. The number of unbranched alkanes of at least 4 members (excludes halogenated alkanes) is 2. The van der Waals surface area contributed by atoms with E-state index in [0.29, 0.717) is 5.92 Å². The molecule has 0 spiro atoms. The molecule has 0 saturated heterocycles. The molecule has 1 atom stereocenters. The molecule has 0 fully saturated rings. The molecule has 1 aromatic rings. The second-order valence-corrected chi connectivity index (χ2v) is 6.03. The second-order valence-electron chi connectivity index (χ2n) is 6.03. The topological polar surface area (TPSA) is 20.2 Å². The molecule has 0 bridgehead atoms. The van der Waals surface area contributed by atoms with Crippen molar-refractivity contribution in [1.82, 2.24) is 0 Å². The zero-order valence-corrected chi connectivity index (χ0v) is 12.4. The Balaban J connectivity index is 2.74.